The molecule has 1 atom stereocenters. The maximum absolute atomic E-state index is 4.91. The molecule has 0 aliphatic carbocycles. The van der Waals surface area contributed by atoms with E-state index in [0.29, 0.717) is 0 Å². The lowest BCUT2D eigenvalue weighted by atomic mass is 9.97. The molecule has 2 aliphatic rings. The highest BCUT2D eigenvalue weighted by Gasteiger charge is 2.25. The van der Waals surface area contributed by atoms with Gasteiger partial charge in [-0.15, -0.1) is 34.2 Å². The minimum absolute atomic E-state index is 0. The van der Waals surface area contributed by atoms with E-state index in [4.69, 9.17) is 4.99 Å². The van der Waals surface area contributed by atoms with Crippen LogP contribution in [0.25, 0.3) is 0 Å². The summed E-state index contributed by atoms with van der Waals surface area (Å²) < 4.78 is 2.36. The maximum atomic E-state index is 4.91. The van der Waals surface area contributed by atoms with Crippen LogP contribution in [0.15, 0.2) is 4.99 Å². The minimum Gasteiger partial charge on any atom is -0.357 e. The zero-order chi connectivity index (χ0) is 19.1. The molecule has 0 amide bonds. The summed E-state index contributed by atoms with van der Waals surface area (Å²) in [6.45, 7) is 12.0. The number of hydrogen-bond acceptors (Lipinski definition) is 3. The molecule has 6 nitrogen and oxygen atoms in total. The standard InChI is InChI=1S/C21H38N6.HI/c1-4-22-21(26-14-11-18(16-26)15-17(2)3)23-12-8-10-20-25-24-19-9-6-5-7-13-27(19)20;/h17-18H,4-16H2,1-3H3,(H,22,23);1H. The van der Waals surface area contributed by atoms with Crippen molar-refractivity contribution < 1.29 is 0 Å². The largest absolute Gasteiger partial charge is 0.357 e. The van der Waals surface area contributed by atoms with Gasteiger partial charge in [-0.3, -0.25) is 4.99 Å². The molecule has 1 aromatic rings. The van der Waals surface area contributed by atoms with Crippen molar-refractivity contribution in [1.29, 1.82) is 0 Å². The Morgan fingerprint density at radius 3 is 2.86 bits per heavy atom. The summed E-state index contributed by atoms with van der Waals surface area (Å²) in [4.78, 5) is 7.37. The number of hydrogen-bond donors (Lipinski definition) is 1. The SMILES string of the molecule is CCNC(=NCCCc1nnc2n1CCCCC2)N1CCC(CC(C)C)C1.I. The number of aliphatic imine (C=N–C) groups is 1. The molecule has 0 bridgehead atoms. The Hall–Kier alpha value is -0.860. The first-order valence-corrected chi connectivity index (χ1v) is 11.1. The summed E-state index contributed by atoms with van der Waals surface area (Å²) in [5, 5.41) is 12.4. The lowest BCUT2D eigenvalue weighted by molar-refractivity contribution is 0.403. The normalized spacial score (nSPS) is 20.1. The summed E-state index contributed by atoms with van der Waals surface area (Å²) in [5.74, 6) is 5.05. The maximum Gasteiger partial charge on any atom is 0.193 e. The summed E-state index contributed by atoms with van der Waals surface area (Å²) in [6, 6.07) is 0. The predicted octanol–water partition coefficient (Wildman–Crippen LogP) is 3.89. The van der Waals surface area contributed by atoms with Gasteiger partial charge < -0.3 is 14.8 Å². The summed E-state index contributed by atoms with van der Waals surface area (Å²) in [6.07, 6.45) is 9.55. The molecule has 0 radical (unpaired) electrons. The second-order valence-corrected chi connectivity index (χ2v) is 8.56. The lowest BCUT2D eigenvalue weighted by Crippen LogP contribution is -2.40. The molecule has 1 saturated heterocycles. The Labute approximate surface area is 188 Å². The quantitative estimate of drug-likeness (QED) is 0.266. The smallest absolute Gasteiger partial charge is 0.193 e. The van der Waals surface area contributed by atoms with E-state index in [0.717, 1.165) is 75.6 Å². The van der Waals surface area contributed by atoms with Crippen LogP contribution in [0.5, 0.6) is 0 Å². The van der Waals surface area contributed by atoms with Gasteiger partial charge in [-0.25, -0.2) is 0 Å². The molecule has 7 heteroatoms. The third-order valence-electron chi connectivity index (χ3n) is 5.73. The molecule has 3 rings (SSSR count). The Morgan fingerprint density at radius 1 is 1.21 bits per heavy atom. The van der Waals surface area contributed by atoms with Crippen molar-refractivity contribution in [1.82, 2.24) is 25.0 Å². The van der Waals surface area contributed by atoms with E-state index in [1.165, 1.54) is 37.9 Å². The van der Waals surface area contributed by atoms with Crippen molar-refractivity contribution in [3.63, 3.8) is 0 Å². The molecular formula is C21H39IN6. The molecule has 0 aromatic carbocycles. The van der Waals surface area contributed by atoms with Crippen LogP contribution in [0.2, 0.25) is 0 Å². The van der Waals surface area contributed by atoms with Gasteiger partial charge in [0.25, 0.3) is 0 Å². The third kappa shape index (κ3) is 6.59. The highest BCUT2D eigenvalue weighted by Crippen LogP contribution is 2.23. The molecule has 0 saturated carbocycles. The van der Waals surface area contributed by atoms with E-state index in [1.54, 1.807) is 0 Å². The number of nitrogens with zero attached hydrogens (tertiary/aromatic N) is 5. The fourth-order valence-electron chi connectivity index (χ4n) is 4.46. The summed E-state index contributed by atoms with van der Waals surface area (Å²) in [5.41, 5.74) is 0. The second kappa shape index (κ2) is 12.0. The molecular weight excluding hydrogens is 463 g/mol. The van der Waals surface area contributed by atoms with Gasteiger partial charge in [0.15, 0.2) is 5.96 Å². The average Bonchev–Trinajstić information content (AvgIpc) is 3.17. The van der Waals surface area contributed by atoms with Gasteiger partial charge in [0, 0.05) is 45.6 Å². The minimum atomic E-state index is 0. The molecule has 1 unspecified atom stereocenters. The Balaban J connectivity index is 0.00000280. The Morgan fingerprint density at radius 2 is 2.07 bits per heavy atom. The van der Waals surface area contributed by atoms with Crippen LogP contribution in [0.4, 0.5) is 0 Å². The zero-order valence-electron chi connectivity index (χ0n) is 18.0. The van der Waals surface area contributed by atoms with Gasteiger partial charge >= 0.3 is 0 Å². The van der Waals surface area contributed by atoms with Gasteiger partial charge in [-0.05, 0) is 50.9 Å². The summed E-state index contributed by atoms with van der Waals surface area (Å²) in [7, 11) is 0. The van der Waals surface area contributed by atoms with E-state index in [2.05, 4.69) is 45.8 Å². The molecule has 1 fully saturated rings. The molecule has 28 heavy (non-hydrogen) atoms. The van der Waals surface area contributed by atoms with Crippen molar-refractivity contribution in [2.24, 2.45) is 16.8 Å². The fourth-order valence-corrected chi connectivity index (χ4v) is 4.46. The molecule has 3 heterocycles. The third-order valence-corrected chi connectivity index (χ3v) is 5.73. The number of halogens is 1. The van der Waals surface area contributed by atoms with Crippen LogP contribution in [0.3, 0.4) is 0 Å². The van der Waals surface area contributed by atoms with Crippen LogP contribution in [-0.2, 0) is 19.4 Å². The predicted molar refractivity (Wildman–Crippen MR) is 126 cm³/mol. The van der Waals surface area contributed by atoms with Crippen LogP contribution < -0.4 is 5.32 Å². The van der Waals surface area contributed by atoms with Crippen molar-refractivity contribution in [2.45, 2.75) is 78.7 Å². The number of nitrogens with one attached hydrogen (secondary N) is 1. The molecule has 1 N–H and O–H groups in total. The van der Waals surface area contributed by atoms with Gasteiger partial charge in [0.1, 0.15) is 11.6 Å². The fraction of sp³-hybridized carbons (Fsp3) is 0.857. The van der Waals surface area contributed by atoms with Crippen LogP contribution >= 0.6 is 24.0 Å². The van der Waals surface area contributed by atoms with E-state index in [1.807, 2.05) is 0 Å². The highest BCUT2D eigenvalue weighted by molar-refractivity contribution is 14.0. The first-order valence-electron chi connectivity index (χ1n) is 11.1. The molecule has 0 spiro atoms. The number of fused-ring (bicyclic) bond motifs is 1. The van der Waals surface area contributed by atoms with E-state index < -0.39 is 0 Å². The van der Waals surface area contributed by atoms with E-state index in [9.17, 15) is 0 Å². The number of guanidine groups is 1. The lowest BCUT2D eigenvalue weighted by Gasteiger charge is -2.22. The second-order valence-electron chi connectivity index (χ2n) is 8.56. The monoisotopic (exact) mass is 502 g/mol. The Kier molecular flexibility index (Phi) is 10.0. The summed E-state index contributed by atoms with van der Waals surface area (Å²) >= 11 is 0. The highest BCUT2D eigenvalue weighted by atomic mass is 127. The van der Waals surface area contributed by atoms with E-state index >= 15 is 0 Å². The topological polar surface area (TPSA) is 58.3 Å². The molecule has 1 aromatic heterocycles. The van der Waals surface area contributed by atoms with Crippen molar-refractivity contribution in [3.05, 3.63) is 11.6 Å². The van der Waals surface area contributed by atoms with Gasteiger partial charge in [0.05, 0.1) is 0 Å². The van der Waals surface area contributed by atoms with Gasteiger partial charge in [0.2, 0.25) is 0 Å². The average molecular weight is 502 g/mol. The number of likely N-dealkylation sites (tertiary alicyclic amines) is 1. The molecule has 2 aliphatic heterocycles. The van der Waals surface area contributed by atoms with Gasteiger partial charge in [-0.1, -0.05) is 20.3 Å². The zero-order valence-corrected chi connectivity index (χ0v) is 20.3. The van der Waals surface area contributed by atoms with Crippen LogP contribution in [0, 0.1) is 11.8 Å². The molecule has 160 valence electrons. The number of aromatic nitrogens is 3. The number of aryl methyl sites for hydroxylation is 2. The van der Waals surface area contributed by atoms with Crippen LogP contribution in [0.1, 0.15) is 70.9 Å². The van der Waals surface area contributed by atoms with Crippen molar-refractivity contribution in [3.8, 4) is 0 Å². The Bertz CT molecular complexity index is 612. The van der Waals surface area contributed by atoms with Crippen molar-refractivity contribution >= 4 is 29.9 Å². The van der Waals surface area contributed by atoms with Gasteiger partial charge in [-0.2, -0.15) is 0 Å². The van der Waals surface area contributed by atoms with E-state index in [-0.39, 0.29) is 24.0 Å². The first kappa shape index (κ1) is 23.4. The first-order chi connectivity index (χ1) is 13.2. The van der Waals surface area contributed by atoms with Crippen LogP contribution in [-0.4, -0.2) is 51.8 Å². The van der Waals surface area contributed by atoms with Crippen molar-refractivity contribution in [2.75, 3.05) is 26.2 Å². The number of rotatable bonds is 7.